The number of hydrogen-bond donors (Lipinski definition) is 2. The standard InChI is InChI=1S/C17H22N4O/c22-11-13-5-3-4-10-21(13)17-16(18-12-8-9-12)19-14-6-1-2-7-15(14)20-17/h1-2,6-7,12-13,22H,3-5,8-11H2,(H,18,19)/t13-/m0/s1. The fraction of sp³-hybridized carbons (Fsp3) is 0.529. The molecular formula is C17H22N4O. The predicted molar refractivity (Wildman–Crippen MR) is 88.3 cm³/mol. The summed E-state index contributed by atoms with van der Waals surface area (Å²) in [6.45, 7) is 1.12. The van der Waals surface area contributed by atoms with Crippen LogP contribution in [0.5, 0.6) is 0 Å². The molecule has 1 atom stereocenters. The summed E-state index contributed by atoms with van der Waals surface area (Å²) in [5.74, 6) is 1.78. The van der Waals surface area contributed by atoms with Crippen molar-refractivity contribution in [1.29, 1.82) is 0 Å². The van der Waals surface area contributed by atoms with Gasteiger partial charge >= 0.3 is 0 Å². The molecule has 1 aliphatic carbocycles. The van der Waals surface area contributed by atoms with E-state index in [-0.39, 0.29) is 12.6 Å². The molecule has 2 N–H and O–H groups in total. The smallest absolute Gasteiger partial charge is 0.172 e. The molecule has 1 saturated heterocycles. The van der Waals surface area contributed by atoms with E-state index < -0.39 is 0 Å². The number of aliphatic hydroxyl groups is 1. The third kappa shape index (κ3) is 2.61. The number of fused-ring (bicyclic) bond motifs is 1. The number of piperidine rings is 1. The van der Waals surface area contributed by atoms with Crippen LogP contribution in [0.15, 0.2) is 24.3 Å². The Morgan fingerprint density at radius 2 is 1.86 bits per heavy atom. The zero-order chi connectivity index (χ0) is 14.9. The average molecular weight is 298 g/mol. The first-order valence-electron chi connectivity index (χ1n) is 8.26. The summed E-state index contributed by atoms with van der Waals surface area (Å²) < 4.78 is 0. The van der Waals surface area contributed by atoms with Crippen LogP contribution < -0.4 is 10.2 Å². The Balaban J connectivity index is 1.78. The lowest BCUT2D eigenvalue weighted by Gasteiger charge is -2.36. The van der Waals surface area contributed by atoms with Crippen LogP contribution >= 0.6 is 0 Å². The molecule has 0 bridgehead atoms. The first-order valence-corrected chi connectivity index (χ1v) is 8.26. The molecule has 2 fully saturated rings. The van der Waals surface area contributed by atoms with Crippen LogP contribution in [0, 0.1) is 0 Å². The lowest BCUT2D eigenvalue weighted by molar-refractivity contribution is 0.239. The van der Waals surface area contributed by atoms with Crippen molar-refractivity contribution >= 4 is 22.7 Å². The molecule has 0 amide bonds. The maximum atomic E-state index is 9.71. The van der Waals surface area contributed by atoms with Gasteiger partial charge in [-0.05, 0) is 44.2 Å². The number of aromatic nitrogens is 2. The zero-order valence-corrected chi connectivity index (χ0v) is 12.7. The molecule has 0 spiro atoms. The van der Waals surface area contributed by atoms with Crippen LogP contribution in [0.25, 0.3) is 11.0 Å². The minimum Gasteiger partial charge on any atom is -0.394 e. The fourth-order valence-corrected chi connectivity index (χ4v) is 3.18. The predicted octanol–water partition coefficient (Wildman–Crippen LogP) is 2.56. The topological polar surface area (TPSA) is 61.3 Å². The van der Waals surface area contributed by atoms with Gasteiger partial charge in [0, 0.05) is 12.6 Å². The third-order valence-corrected chi connectivity index (χ3v) is 4.58. The summed E-state index contributed by atoms with van der Waals surface area (Å²) in [4.78, 5) is 11.9. The Labute approximate surface area is 130 Å². The molecule has 4 rings (SSSR count). The van der Waals surface area contributed by atoms with Gasteiger partial charge in [-0.1, -0.05) is 12.1 Å². The first-order chi connectivity index (χ1) is 10.8. The minimum absolute atomic E-state index is 0.156. The number of nitrogens with zero attached hydrogens (tertiary/aromatic N) is 3. The van der Waals surface area contributed by atoms with Crippen molar-refractivity contribution in [3.8, 4) is 0 Å². The van der Waals surface area contributed by atoms with E-state index in [1.807, 2.05) is 24.3 Å². The van der Waals surface area contributed by atoms with Crippen LogP contribution in [0.3, 0.4) is 0 Å². The van der Waals surface area contributed by atoms with Crippen LogP contribution in [-0.4, -0.2) is 40.3 Å². The van der Waals surface area contributed by atoms with Crippen molar-refractivity contribution in [3.05, 3.63) is 24.3 Å². The van der Waals surface area contributed by atoms with Gasteiger partial charge in [-0.2, -0.15) is 0 Å². The van der Waals surface area contributed by atoms with Gasteiger partial charge in [-0.15, -0.1) is 0 Å². The Kier molecular flexibility index (Phi) is 3.58. The molecule has 22 heavy (non-hydrogen) atoms. The number of para-hydroxylation sites is 2. The third-order valence-electron chi connectivity index (χ3n) is 4.58. The van der Waals surface area contributed by atoms with Crippen molar-refractivity contribution in [1.82, 2.24) is 9.97 Å². The Morgan fingerprint density at radius 3 is 2.59 bits per heavy atom. The summed E-state index contributed by atoms with van der Waals surface area (Å²) >= 11 is 0. The maximum Gasteiger partial charge on any atom is 0.172 e. The van der Waals surface area contributed by atoms with Gasteiger partial charge < -0.3 is 15.3 Å². The van der Waals surface area contributed by atoms with Gasteiger partial charge in [-0.3, -0.25) is 0 Å². The highest BCUT2D eigenvalue weighted by molar-refractivity contribution is 5.80. The monoisotopic (exact) mass is 298 g/mol. The largest absolute Gasteiger partial charge is 0.394 e. The Morgan fingerprint density at radius 1 is 1.09 bits per heavy atom. The van der Waals surface area contributed by atoms with E-state index in [0.717, 1.165) is 42.1 Å². The normalized spacial score (nSPS) is 22.0. The number of anilines is 2. The molecule has 2 heterocycles. The summed E-state index contributed by atoms with van der Waals surface area (Å²) in [7, 11) is 0. The SMILES string of the molecule is OC[C@@H]1CCCCN1c1nc2ccccc2nc1NC1CC1. The maximum absolute atomic E-state index is 9.71. The second-order valence-corrected chi connectivity index (χ2v) is 6.33. The molecular weight excluding hydrogens is 276 g/mol. The zero-order valence-electron chi connectivity index (χ0n) is 12.7. The molecule has 1 aromatic heterocycles. The average Bonchev–Trinajstić information content (AvgIpc) is 3.38. The van der Waals surface area contributed by atoms with E-state index in [9.17, 15) is 5.11 Å². The van der Waals surface area contributed by atoms with E-state index in [1.165, 1.54) is 19.3 Å². The van der Waals surface area contributed by atoms with E-state index in [1.54, 1.807) is 0 Å². The highest BCUT2D eigenvalue weighted by atomic mass is 16.3. The molecule has 5 heteroatoms. The van der Waals surface area contributed by atoms with Gasteiger partial charge in [0.15, 0.2) is 11.6 Å². The van der Waals surface area contributed by atoms with E-state index in [2.05, 4.69) is 10.2 Å². The van der Waals surface area contributed by atoms with Crippen LogP contribution in [-0.2, 0) is 0 Å². The first kappa shape index (κ1) is 13.8. The van der Waals surface area contributed by atoms with Crippen molar-refractivity contribution < 1.29 is 5.11 Å². The number of hydrogen-bond acceptors (Lipinski definition) is 5. The second kappa shape index (κ2) is 5.72. The summed E-state index contributed by atoms with van der Waals surface area (Å²) in [6, 6.07) is 8.69. The molecule has 1 aliphatic heterocycles. The summed E-state index contributed by atoms with van der Waals surface area (Å²) in [5, 5.41) is 13.2. The summed E-state index contributed by atoms with van der Waals surface area (Å²) in [5.41, 5.74) is 1.84. The molecule has 1 aromatic carbocycles. The second-order valence-electron chi connectivity index (χ2n) is 6.33. The van der Waals surface area contributed by atoms with Crippen molar-refractivity contribution in [2.24, 2.45) is 0 Å². The summed E-state index contributed by atoms with van der Waals surface area (Å²) in [6.07, 6.45) is 5.75. The number of rotatable bonds is 4. The van der Waals surface area contributed by atoms with E-state index in [4.69, 9.17) is 9.97 Å². The number of nitrogens with one attached hydrogen (secondary N) is 1. The lowest BCUT2D eigenvalue weighted by atomic mass is 10.0. The van der Waals surface area contributed by atoms with Crippen molar-refractivity contribution in [3.63, 3.8) is 0 Å². The van der Waals surface area contributed by atoms with Crippen LogP contribution in [0.1, 0.15) is 32.1 Å². The Bertz CT molecular complexity index is 671. The van der Waals surface area contributed by atoms with Crippen LogP contribution in [0.2, 0.25) is 0 Å². The van der Waals surface area contributed by atoms with Gasteiger partial charge in [0.25, 0.3) is 0 Å². The van der Waals surface area contributed by atoms with E-state index in [0.29, 0.717) is 6.04 Å². The molecule has 0 unspecified atom stereocenters. The highest BCUT2D eigenvalue weighted by Gasteiger charge is 2.29. The van der Waals surface area contributed by atoms with Gasteiger partial charge in [-0.25, -0.2) is 9.97 Å². The number of benzene rings is 1. The highest BCUT2D eigenvalue weighted by Crippen LogP contribution is 2.33. The molecule has 2 aliphatic rings. The quantitative estimate of drug-likeness (QED) is 0.908. The van der Waals surface area contributed by atoms with Gasteiger partial charge in [0.2, 0.25) is 0 Å². The van der Waals surface area contributed by atoms with E-state index >= 15 is 0 Å². The van der Waals surface area contributed by atoms with Crippen LogP contribution in [0.4, 0.5) is 11.6 Å². The van der Waals surface area contributed by atoms with Gasteiger partial charge in [0.05, 0.1) is 23.7 Å². The fourth-order valence-electron chi connectivity index (χ4n) is 3.18. The molecule has 116 valence electrons. The molecule has 5 nitrogen and oxygen atoms in total. The Hall–Kier alpha value is -1.88. The molecule has 1 saturated carbocycles. The van der Waals surface area contributed by atoms with Gasteiger partial charge in [0.1, 0.15) is 0 Å². The van der Waals surface area contributed by atoms with Crippen molar-refractivity contribution in [2.75, 3.05) is 23.4 Å². The molecule has 2 aromatic rings. The number of aliphatic hydroxyl groups excluding tert-OH is 1. The molecule has 0 radical (unpaired) electrons. The van der Waals surface area contributed by atoms with Crippen molar-refractivity contribution in [2.45, 2.75) is 44.2 Å². The lowest BCUT2D eigenvalue weighted by Crippen LogP contribution is -2.43. The minimum atomic E-state index is 0.156.